The first-order chi connectivity index (χ1) is 7.68. The monoisotopic (exact) mass is 327 g/mol. The summed E-state index contributed by atoms with van der Waals surface area (Å²) in [6.45, 7) is 5.05. The second-order valence-electron chi connectivity index (χ2n) is 3.78. The molecule has 0 saturated heterocycles. The van der Waals surface area contributed by atoms with Crippen LogP contribution < -0.4 is 0 Å². The van der Waals surface area contributed by atoms with Crippen LogP contribution in [0, 0.1) is 17.4 Å². The fourth-order valence-electron chi connectivity index (χ4n) is 1.66. The number of halogens is 1. The van der Waals surface area contributed by atoms with Crippen molar-refractivity contribution in [2.45, 2.75) is 26.8 Å². The summed E-state index contributed by atoms with van der Waals surface area (Å²) in [5.74, 6) is 0. The van der Waals surface area contributed by atoms with E-state index in [2.05, 4.69) is 50.3 Å². The maximum atomic E-state index is 4.51. The van der Waals surface area contributed by atoms with Gasteiger partial charge in [0, 0.05) is 30.6 Å². The van der Waals surface area contributed by atoms with Gasteiger partial charge in [-0.2, -0.15) is 5.10 Å². The second-order valence-corrected chi connectivity index (χ2v) is 4.86. The summed E-state index contributed by atoms with van der Waals surface area (Å²) >= 11 is 2.35. The normalized spacial score (nSPS) is 10.7. The van der Waals surface area contributed by atoms with Crippen LogP contribution in [0.15, 0.2) is 24.4 Å². The Hall–Kier alpha value is -0.910. The molecule has 0 aliphatic rings. The third-order valence-electron chi connectivity index (χ3n) is 2.60. The minimum Gasteiger partial charge on any atom is -0.268 e. The van der Waals surface area contributed by atoms with Crippen molar-refractivity contribution in [1.82, 2.24) is 14.8 Å². The van der Waals surface area contributed by atoms with Gasteiger partial charge >= 0.3 is 0 Å². The predicted molar refractivity (Wildman–Crippen MR) is 72.4 cm³/mol. The van der Waals surface area contributed by atoms with Crippen LogP contribution in [0.1, 0.15) is 17.1 Å². The van der Waals surface area contributed by atoms with Crippen LogP contribution in [0.3, 0.4) is 0 Å². The van der Waals surface area contributed by atoms with Crippen LogP contribution >= 0.6 is 22.6 Å². The molecule has 84 valence electrons. The highest BCUT2D eigenvalue weighted by atomic mass is 127. The number of hydrogen-bond acceptors (Lipinski definition) is 2. The molecule has 0 bridgehead atoms. The Kier molecular flexibility index (Phi) is 3.58. The van der Waals surface area contributed by atoms with Crippen molar-refractivity contribution in [1.29, 1.82) is 0 Å². The molecule has 0 unspecified atom stereocenters. The highest BCUT2D eigenvalue weighted by Gasteiger charge is 2.08. The third-order valence-corrected chi connectivity index (χ3v) is 4.16. The number of nitrogens with zero attached hydrogens (tertiary/aromatic N) is 3. The topological polar surface area (TPSA) is 30.7 Å². The van der Waals surface area contributed by atoms with Gasteiger partial charge in [0.15, 0.2) is 0 Å². The predicted octanol–water partition coefficient (Wildman–Crippen LogP) is 2.74. The Balaban J connectivity index is 2.08. The molecule has 2 rings (SSSR count). The summed E-state index contributed by atoms with van der Waals surface area (Å²) in [6, 6.07) is 6.01. The van der Waals surface area contributed by atoms with Crippen LogP contribution in [0.5, 0.6) is 0 Å². The van der Waals surface area contributed by atoms with Gasteiger partial charge in [-0.25, -0.2) is 0 Å². The molecular weight excluding hydrogens is 313 g/mol. The summed E-state index contributed by atoms with van der Waals surface area (Å²) in [5.41, 5.74) is 3.47. The van der Waals surface area contributed by atoms with E-state index in [1.807, 2.05) is 25.3 Å². The molecule has 3 nitrogen and oxygen atoms in total. The average Bonchev–Trinajstić information content (AvgIpc) is 2.56. The average molecular weight is 327 g/mol. The molecule has 0 saturated carbocycles. The lowest BCUT2D eigenvalue weighted by Crippen LogP contribution is -2.06. The molecule has 2 aromatic heterocycles. The molecule has 16 heavy (non-hydrogen) atoms. The molecule has 0 aliphatic carbocycles. The van der Waals surface area contributed by atoms with Gasteiger partial charge in [-0.05, 0) is 48.6 Å². The first-order valence-electron chi connectivity index (χ1n) is 5.28. The molecule has 2 heterocycles. The van der Waals surface area contributed by atoms with Crippen molar-refractivity contribution in [2.24, 2.45) is 0 Å². The van der Waals surface area contributed by atoms with E-state index in [9.17, 15) is 0 Å². The summed E-state index contributed by atoms with van der Waals surface area (Å²) in [5, 5.41) is 4.51. The maximum Gasteiger partial charge on any atom is 0.0729 e. The minimum absolute atomic E-state index is 0.896. The fourth-order valence-corrected chi connectivity index (χ4v) is 2.05. The lowest BCUT2D eigenvalue weighted by Gasteiger charge is -2.03. The van der Waals surface area contributed by atoms with Gasteiger partial charge in [-0.15, -0.1) is 0 Å². The molecule has 0 aromatic carbocycles. The Morgan fingerprint density at radius 2 is 2.12 bits per heavy atom. The van der Waals surface area contributed by atoms with Crippen LogP contribution in [-0.2, 0) is 13.0 Å². The summed E-state index contributed by atoms with van der Waals surface area (Å²) < 4.78 is 3.32. The Morgan fingerprint density at radius 3 is 2.69 bits per heavy atom. The Bertz CT molecular complexity index is 477. The van der Waals surface area contributed by atoms with Crippen molar-refractivity contribution in [3.05, 3.63) is 45.0 Å². The summed E-state index contributed by atoms with van der Waals surface area (Å²) in [7, 11) is 0. The fraction of sp³-hybridized carbons (Fsp3) is 0.333. The van der Waals surface area contributed by atoms with Gasteiger partial charge in [-0.3, -0.25) is 9.67 Å². The van der Waals surface area contributed by atoms with Gasteiger partial charge in [-0.1, -0.05) is 6.07 Å². The van der Waals surface area contributed by atoms with E-state index < -0.39 is 0 Å². The van der Waals surface area contributed by atoms with E-state index in [1.54, 1.807) is 0 Å². The van der Waals surface area contributed by atoms with Crippen LogP contribution in [0.25, 0.3) is 0 Å². The van der Waals surface area contributed by atoms with E-state index in [4.69, 9.17) is 0 Å². The highest BCUT2D eigenvalue weighted by molar-refractivity contribution is 14.1. The van der Waals surface area contributed by atoms with Crippen molar-refractivity contribution in [2.75, 3.05) is 0 Å². The molecule has 0 N–H and O–H groups in total. The van der Waals surface area contributed by atoms with Crippen LogP contribution in [0.2, 0.25) is 0 Å². The minimum atomic E-state index is 0.896. The Morgan fingerprint density at radius 1 is 1.31 bits per heavy atom. The molecule has 0 spiro atoms. The lowest BCUT2D eigenvalue weighted by atomic mass is 10.3. The summed E-state index contributed by atoms with van der Waals surface area (Å²) in [6.07, 6.45) is 2.76. The molecule has 4 heteroatoms. The van der Waals surface area contributed by atoms with E-state index in [1.165, 1.54) is 9.26 Å². The Labute approximate surface area is 109 Å². The zero-order chi connectivity index (χ0) is 11.5. The molecule has 0 atom stereocenters. The molecule has 0 amide bonds. The highest BCUT2D eigenvalue weighted by Crippen LogP contribution is 2.15. The molecule has 0 fully saturated rings. The van der Waals surface area contributed by atoms with Gasteiger partial charge in [0.2, 0.25) is 0 Å². The van der Waals surface area contributed by atoms with Gasteiger partial charge < -0.3 is 0 Å². The number of aryl methyl sites for hydroxylation is 3. The summed E-state index contributed by atoms with van der Waals surface area (Å²) in [4.78, 5) is 4.31. The van der Waals surface area contributed by atoms with Crippen LogP contribution in [0.4, 0.5) is 0 Å². The lowest BCUT2D eigenvalue weighted by molar-refractivity contribution is 0.588. The molecular formula is C12H14IN3. The van der Waals surface area contributed by atoms with Gasteiger partial charge in [0.25, 0.3) is 0 Å². The number of rotatable bonds is 3. The van der Waals surface area contributed by atoms with Crippen molar-refractivity contribution >= 4 is 22.6 Å². The van der Waals surface area contributed by atoms with Crippen molar-refractivity contribution < 1.29 is 0 Å². The van der Waals surface area contributed by atoms with E-state index in [0.717, 1.165) is 24.4 Å². The quantitative estimate of drug-likeness (QED) is 0.812. The van der Waals surface area contributed by atoms with Crippen molar-refractivity contribution in [3.63, 3.8) is 0 Å². The van der Waals surface area contributed by atoms with Crippen LogP contribution in [-0.4, -0.2) is 14.8 Å². The first-order valence-corrected chi connectivity index (χ1v) is 6.36. The zero-order valence-corrected chi connectivity index (χ0v) is 11.6. The number of pyridine rings is 1. The smallest absolute Gasteiger partial charge is 0.0729 e. The van der Waals surface area contributed by atoms with Crippen molar-refractivity contribution in [3.8, 4) is 0 Å². The largest absolute Gasteiger partial charge is 0.268 e. The standard InChI is InChI=1S/C12H14IN3/c1-9-12(13)10(2)16(15-9)8-6-11-5-3-4-7-14-11/h3-5,7H,6,8H2,1-2H3. The number of aromatic nitrogens is 3. The maximum absolute atomic E-state index is 4.51. The van der Waals surface area contributed by atoms with E-state index in [-0.39, 0.29) is 0 Å². The van der Waals surface area contributed by atoms with Gasteiger partial charge in [0.1, 0.15) is 0 Å². The zero-order valence-electron chi connectivity index (χ0n) is 9.44. The SMILES string of the molecule is Cc1nn(CCc2ccccn2)c(C)c1I. The second kappa shape index (κ2) is 4.95. The molecule has 0 aliphatic heterocycles. The molecule has 0 radical (unpaired) electrons. The van der Waals surface area contributed by atoms with E-state index in [0.29, 0.717) is 0 Å². The number of hydrogen-bond donors (Lipinski definition) is 0. The van der Waals surface area contributed by atoms with Gasteiger partial charge in [0.05, 0.1) is 9.26 Å². The molecule has 2 aromatic rings. The van der Waals surface area contributed by atoms with E-state index >= 15 is 0 Å². The first kappa shape index (κ1) is 11.6. The third kappa shape index (κ3) is 2.42.